The van der Waals surface area contributed by atoms with Gasteiger partial charge in [0.2, 0.25) is 16.0 Å². The predicted octanol–water partition coefficient (Wildman–Crippen LogP) is 4.77. The van der Waals surface area contributed by atoms with Gasteiger partial charge in [0, 0.05) is 24.5 Å². The lowest BCUT2D eigenvalue weighted by Crippen LogP contribution is -2.65. The number of nitrogens with two attached hydrogens (primary N) is 1. The molecule has 2 aromatic heterocycles. The van der Waals surface area contributed by atoms with Gasteiger partial charge >= 0.3 is 0 Å². The van der Waals surface area contributed by atoms with Gasteiger partial charge in [-0.1, -0.05) is 32.8 Å². The third-order valence-electron chi connectivity index (χ3n) is 8.13. The van der Waals surface area contributed by atoms with E-state index in [0.717, 1.165) is 9.87 Å². The largest absolute Gasteiger partial charge is 0.451 e. The molecular weight excluding hydrogens is 547 g/mol. The van der Waals surface area contributed by atoms with E-state index < -0.39 is 32.0 Å². The number of carbonyl (C=O) groups is 1. The van der Waals surface area contributed by atoms with Crippen LogP contribution in [-0.2, 0) is 22.0 Å². The van der Waals surface area contributed by atoms with E-state index in [-0.39, 0.29) is 41.7 Å². The molecular formula is C29H37FN6O4S. The first kappa shape index (κ1) is 30.2. The second-order valence-corrected chi connectivity index (χ2v) is 13.1. The van der Waals surface area contributed by atoms with Gasteiger partial charge in [-0.15, -0.1) is 0 Å². The minimum Gasteiger partial charge on any atom is -0.451 e. The van der Waals surface area contributed by atoms with Crippen LogP contribution in [0.2, 0.25) is 0 Å². The monoisotopic (exact) mass is 584 g/mol. The standard InChI is InChI=1S/C29H37FN6O4S/c1-6-12-29(15-20(7-2)13-22-17-40-18-33-22)28(4,35-27(31)36(5)41(29,38)39)23-14-21(9-10-24(23)30)34-26(37)25-11-8-19(3)16-32-25/h8-11,14,16-18,20H,6-7,12-13,15H2,1-5H3,(H2,31,35)(H,34,37). The highest BCUT2D eigenvalue weighted by atomic mass is 32.2. The number of nitrogens with one attached hydrogen (secondary N) is 1. The molecule has 4 rings (SSSR count). The van der Waals surface area contributed by atoms with E-state index in [1.807, 2.05) is 20.8 Å². The molecule has 3 unspecified atom stereocenters. The third kappa shape index (κ3) is 5.44. The summed E-state index contributed by atoms with van der Waals surface area (Å²) in [5.74, 6) is -1.51. The Hall–Kier alpha value is -3.80. The van der Waals surface area contributed by atoms with Crippen LogP contribution in [0, 0.1) is 18.7 Å². The molecule has 41 heavy (non-hydrogen) atoms. The Morgan fingerprint density at radius 3 is 2.59 bits per heavy atom. The summed E-state index contributed by atoms with van der Waals surface area (Å²) in [5.41, 5.74) is 6.66. The minimum atomic E-state index is -4.15. The normalized spacial score (nSPS) is 22.7. The number of aromatic nitrogens is 2. The Morgan fingerprint density at radius 2 is 1.98 bits per heavy atom. The number of pyridine rings is 1. The fourth-order valence-corrected chi connectivity index (χ4v) is 8.14. The van der Waals surface area contributed by atoms with Crippen LogP contribution in [0.5, 0.6) is 0 Å². The highest BCUT2D eigenvalue weighted by molar-refractivity contribution is 7.91. The molecule has 3 heterocycles. The Morgan fingerprint density at radius 1 is 1.22 bits per heavy atom. The van der Waals surface area contributed by atoms with Gasteiger partial charge < -0.3 is 15.5 Å². The van der Waals surface area contributed by atoms with Crippen LogP contribution in [0.3, 0.4) is 0 Å². The van der Waals surface area contributed by atoms with Gasteiger partial charge in [-0.25, -0.2) is 27.1 Å². The number of nitrogens with zero attached hydrogens (tertiary/aromatic N) is 4. The number of carbonyl (C=O) groups excluding carboxylic acids is 1. The Kier molecular flexibility index (Phi) is 8.53. The van der Waals surface area contributed by atoms with E-state index in [9.17, 15) is 13.2 Å². The lowest BCUT2D eigenvalue weighted by molar-refractivity contribution is 0.102. The van der Waals surface area contributed by atoms with Crippen molar-refractivity contribution in [2.24, 2.45) is 16.6 Å². The molecule has 0 aliphatic carbocycles. The van der Waals surface area contributed by atoms with Crippen LogP contribution in [0.15, 0.2) is 58.6 Å². The zero-order chi connectivity index (χ0) is 30.0. The maximum Gasteiger partial charge on any atom is 0.274 e. The number of sulfonamides is 1. The molecule has 0 saturated heterocycles. The Bertz CT molecular complexity index is 1530. The van der Waals surface area contributed by atoms with Crippen molar-refractivity contribution in [2.45, 2.75) is 70.1 Å². The summed E-state index contributed by atoms with van der Waals surface area (Å²) in [6.07, 6.45) is 6.46. The average Bonchev–Trinajstić information content (AvgIpc) is 3.45. The van der Waals surface area contributed by atoms with Crippen molar-refractivity contribution in [3.63, 3.8) is 0 Å². The fourth-order valence-electron chi connectivity index (χ4n) is 5.76. The number of benzene rings is 1. The van der Waals surface area contributed by atoms with E-state index in [4.69, 9.17) is 15.1 Å². The summed E-state index contributed by atoms with van der Waals surface area (Å²) in [6, 6.07) is 7.44. The lowest BCUT2D eigenvalue weighted by atomic mass is 9.71. The summed E-state index contributed by atoms with van der Waals surface area (Å²) < 4.78 is 49.2. The second-order valence-electron chi connectivity index (χ2n) is 10.8. The van der Waals surface area contributed by atoms with Crippen LogP contribution < -0.4 is 11.1 Å². The number of amides is 1. The van der Waals surface area contributed by atoms with Crippen LogP contribution >= 0.6 is 0 Å². The lowest BCUT2D eigenvalue weighted by Gasteiger charge is -2.52. The molecule has 3 atom stereocenters. The summed E-state index contributed by atoms with van der Waals surface area (Å²) >= 11 is 0. The number of anilines is 1. The number of aryl methyl sites for hydroxylation is 1. The molecule has 0 saturated carbocycles. The molecule has 1 aliphatic heterocycles. The molecule has 10 nitrogen and oxygen atoms in total. The first-order valence-corrected chi connectivity index (χ1v) is 15.1. The molecule has 1 amide bonds. The number of guanidine groups is 1. The van der Waals surface area contributed by atoms with Gasteiger partial charge in [0.25, 0.3) is 5.91 Å². The number of aliphatic imine (C=N–C) groups is 1. The smallest absolute Gasteiger partial charge is 0.274 e. The van der Waals surface area contributed by atoms with Gasteiger partial charge in [-0.2, -0.15) is 0 Å². The third-order valence-corrected chi connectivity index (χ3v) is 10.8. The van der Waals surface area contributed by atoms with Crippen molar-refractivity contribution in [2.75, 3.05) is 12.4 Å². The van der Waals surface area contributed by atoms with E-state index >= 15 is 4.39 Å². The summed E-state index contributed by atoms with van der Waals surface area (Å²) in [6.45, 7) is 7.35. The summed E-state index contributed by atoms with van der Waals surface area (Å²) in [4.78, 5) is 26.0. The number of hydrogen-bond acceptors (Lipinski definition) is 8. The zero-order valence-electron chi connectivity index (χ0n) is 24.0. The molecule has 1 aromatic carbocycles. The summed E-state index contributed by atoms with van der Waals surface area (Å²) in [5, 5.41) is 2.76. The number of halogens is 1. The van der Waals surface area contributed by atoms with Crippen LogP contribution in [-0.4, -0.2) is 46.4 Å². The molecule has 12 heteroatoms. The van der Waals surface area contributed by atoms with Gasteiger partial charge in [-0.05, 0) is 68.9 Å². The van der Waals surface area contributed by atoms with Crippen molar-refractivity contribution in [3.05, 3.63) is 77.5 Å². The molecule has 0 spiro atoms. The Balaban J connectivity index is 1.85. The topological polar surface area (TPSA) is 144 Å². The summed E-state index contributed by atoms with van der Waals surface area (Å²) in [7, 11) is -2.77. The van der Waals surface area contributed by atoms with Crippen LogP contribution in [0.1, 0.15) is 73.8 Å². The van der Waals surface area contributed by atoms with E-state index in [1.165, 1.54) is 31.6 Å². The van der Waals surface area contributed by atoms with E-state index in [2.05, 4.69) is 15.3 Å². The highest BCUT2D eigenvalue weighted by Gasteiger charge is 2.63. The van der Waals surface area contributed by atoms with Gasteiger partial charge in [0.1, 0.15) is 28.1 Å². The first-order valence-electron chi connectivity index (χ1n) is 13.6. The van der Waals surface area contributed by atoms with Crippen LogP contribution in [0.4, 0.5) is 10.1 Å². The van der Waals surface area contributed by atoms with Crippen molar-refractivity contribution in [3.8, 4) is 0 Å². The van der Waals surface area contributed by atoms with E-state index in [1.54, 1.807) is 31.5 Å². The molecule has 3 N–H and O–H groups in total. The molecule has 220 valence electrons. The number of hydrogen-bond donors (Lipinski definition) is 2. The average molecular weight is 585 g/mol. The van der Waals surface area contributed by atoms with Gasteiger partial charge in [-0.3, -0.25) is 9.78 Å². The maximum absolute atomic E-state index is 15.8. The molecule has 0 radical (unpaired) electrons. The Labute approximate surface area is 240 Å². The minimum absolute atomic E-state index is 0.0246. The van der Waals surface area contributed by atoms with Gasteiger partial charge in [0.15, 0.2) is 6.39 Å². The van der Waals surface area contributed by atoms with Crippen molar-refractivity contribution in [1.82, 2.24) is 14.3 Å². The highest BCUT2D eigenvalue weighted by Crippen LogP contribution is 2.53. The predicted molar refractivity (Wildman–Crippen MR) is 155 cm³/mol. The quantitative estimate of drug-likeness (QED) is 0.349. The SMILES string of the molecule is CCCC1(CC(CC)Cc2cocn2)C(C)(c2cc(NC(=O)c3ccc(C)cn3)ccc2F)N=C(N)N(C)S1(=O)=O. The maximum atomic E-state index is 15.8. The first-order chi connectivity index (χ1) is 19.4. The number of oxazole rings is 1. The van der Waals surface area contributed by atoms with Crippen molar-refractivity contribution < 1.29 is 22.0 Å². The molecule has 0 fully saturated rings. The van der Waals surface area contributed by atoms with E-state index in [0.29, 0.717) is 25.0 Å². The second kappa shape index (κ2) is 11.6. The van der Waals surface area contributed by atoms with Crippen LogP contribution in [0.25, 0.3) is 0 Å². The zero-order valence-corrected chi connectivity index (χ0v) is 24.8. The number of rotatable bonds is 10. The molecule has 0 bridgehead atoms. The van der Waals surface area contributed by atoms with Crippen molar-refractivity contribution >= 4 is 27.6 Å². The van der Waals surface area contributed by atoms with Crippen molar-refractivity contribution in [1.29, 1.82) is 0 Å². The van der Waals surface area contributed by atoms with Gasteiger partial charge in [0.05, 0.1) is 5.69 Å². The fraction of sp³-hybridized carbons (Fsp3) is 0.448. The molecule has 3 aromatic rings. The molecule has 1 aliphatic rings.